The zero-order valence-electron chi connectivity index (χ0n) is 8.84. The lowest BCUT2D eigenvalue weighted by Crippen LogP contribution is -2.09. The Morgan fingerprint density at radius 1 is 1.47 bits per heavy atom. The Morgan fingerprint density at radius 2 is 2.13 bits per heavy atom. The van der Waals surface area contributed by atoms with Gasteiger partial charge in [-0.3, -0.25) is 4.98 Å². The maximum absolute atomic E-state index is 10.9. The summed E-state index contributed by atoms with van der Waals surface area (Å²) in [6, 6.07) is 5.31. The molecule has 0 aliphatic carbocycles. The van der Waals surface area contributed by atoms with E-state index in [9.17, 15) is 13.5 Å². The lowest BCUT2D eigenvalue weighted by Gasteiger charge is -2.09. The van der Waals surface area contributed by atoms with Crippen molar-refractivity contribution in [3.63, 3.8) is 0 Å². The van der Waals surface area contributed by atoms with Gasteiger partial charge in [0.15, 0.2) is 0 Å². The van der Waals surface area contributed by atoms with Gasteiger partial charge in [-0.2, -0.15) is 0 Å². The highest BCUT2D eigenvalue weighted by Gasteiger charge is 2.12. The zero-order chi connectivity index (χ0) is 11.5. The summed E-state index contributed by atoms with van der Waals surface area (Å²) in [4.78, 5) is 4.13. The van der Waals surface area contributed by atoms with E-state index in [2.05, 4.69) is 4.98 Å². The SMILES string of the molecule is Cc1cccc(C(O)CCS(C)(=O)=O)n1. The van der Waals surface area contributed by atoms with Crippen LogP contribution in [0.25, 0.3) is 0 Å². The normalized spacial score (nSPS) is 13.8. The third kappa shape index (κ3) is 4.40. The molecule has 0 aliphatic rings. The summed E-state index contributed by atoms with van der Waals surface area (Å²) >= 11 is 0. The van der Waals surface area contributed by atoms with Crippen molar-refractivity contribution < 1.29 is 13.5 Å². The molecule has 84 valence electrons. The van der Waals surface area contributed by atoms with Crippen LogP contribution in [0.4, 0.5) is 0 Å². The molecule has 4 nitrogen and oxygen atoms in total. The molecule has 1 N–H and O–H groups in total. The highest BCUT2D eigenvalue weighted by atomic mass is 32.2. The third-order valence-electron chi connectivity index (χ3n) is 2.01. The van der Waals surface area contributed by atoms with Crippen molar-refractivity contribution in [1.29, 1.82) is 0 Å². The van der Waals surface area contributed by atoms with Crippen LogP contribution in [0.5, 0.6) is 0 Å². The molecule has 0 fully saturated rings. The van der Waals surface area contributed by atoms with Gasteiger partial charge in [-0.25, -0.2) is 8.42 Å². The van der Waals surface area contributed by atoms with E-state index in [1.165, 1.54) is 0 Å². The Balaban J connectivity index is 2.65. The average molecular weight is 229 g/mol. The number of hydrogen-bond donors (Lipinski definition) is 1. The fourth-order valence-corrected chi connectivity index (χ4v) is 1.87. The molecule has 0 aliphatic heterocycles. The van der Waals surface area contributed by atoms with Crippen molar-refractivity contribution in [2.24, 2.45) is 0 Å². The van der Waals surface area contributed by atoms with Crippen molar-refractivity contribution in [2.45, 2.75) is 19.4 Å². The van der Waals surface area contributed by atoms with Gasteiger partial charge in [-0.15, -0.1) is 0 Å². The summed E-state index contributed by atoms with van der Waals surface area (Å²) in [6.45, 7) is 1.83. The highest BCUT2D eigenvalue weighted by molar-refractivity contribution is 7.90. The molecule has 1 unspecified atom stereocenters. The molecule has 0 saturated heterocycles. The van der Waals surface area contributed by atoms with Crippen molar-refractivity contribution in [3.05, 3.63) is 29.6 Å². The molecule has 1 atom stereocenters. The maximum Gasteiger partial charge on any atom is 0.147 e. The first-order valence-corrected chi connectivity index (χ1v) is 6.74. The van der Waals surface area contributed by atoms with Gasteiger partial charge < -0.3 is 5.11 Å². The number of aliphatic hydroxyl groups excluding tert-OH is 1. The first kappa shape index (κ1) is 12.1. The van der Waals surface area contributed by atoms with Gasteiger partial charge in [0.25, 0.3) is 0 Å². The van der Waals surface area contributed by atoms with Gasteiger partial charge >= 0.3 is 0 Å². The van der Waals surface area contributed by atoms with Crippen LogP contribution in [0.15, 0.2) is 18.2 Å². The Kier molecular flexibility index (Phi) is 3.82. The molecule has 0 amide bonds. The smallest absolute Gasteiger partial charge is 0.147 e. The molecule has 1 aromatic heterocycles. The quantitative estimate of drug-likeness (QED) is 0.831. The lowest BCUT2D eigenvalue weighted by molar-refractivity contribution is 0.169. The van der Waals surface area contributed by atoms with Crippen LogP contribution in [0.3, 0.4) is 0 Å². The number of hydrogen-bond acceptors (Lipinski definition) is 4. The second-order valence-electron chi connectivity index (χ2n) is 3.64. The summed E-state index contributed by atoms with van der Waals surface area (Å²) in [6.07, 6.45) is 0.540. The van der Waals surface area contributed by atoms with E-state index >= 15 is 0 Å². The molecule has 1 aromatic rings. The molecule has 0 bridgehead atoms. The number of aryl methyl sites for hydroxylation is 1. The maximum atomic E-state index is 10.9. The monoisotopic (exact) mass is 229 g/mol. The Hall–Kier alpha value is -0.940. The summed E-state index contributed by atoms with van der Waals surface area (Å²) in [5.74, 6) is -0.0240. The summed E-state index contributed by atoms with van der Waals surface area (Å²) in [5.41, 5.74) is 1.34. The summed E-state index contributed by atoms with van der Waals surface area (Å²) in [7, 11) is -3.03. The molecule has 5 heteroatoms. The van der Waals surface area contributed by atoms with E-state index in [0.717, 1.165) is 11.9 Å². The number of nitrogens with zero attached hydrogens (tertiary/aromatic N) is 1. The number of aromatic nitrogens is 1. The molecule has 1 rings (SSSR count). The van der Waals surface area contributed by atoms with Crippen LogP contribution in [0.1, 0.15) is 23.9 Å². The molecule has 0 saturated carbocycles. The fraction of sp³-hybridized carbons (Fsp3) is 0.500. The van der Waals surface area contributed by atoms with Crippen LogP contribution in [0.2, 0.25) is 0 Å². The number of sulfone groups is 1. The van der Waals surface area contributed by atoms with Gasteiger partial charge in [0, 0.05) is 11.9 Å². The second kappa shape index (κ2) is 4.72. The van der Waals surface area contributed by atoms with Crippen LogP contribution < -0.4 is 0 Å². The van der Waals surface area contributed by atoms with Crippen molar-refractivity contribution in [2.75, 3.05) is 12.0 Å². The minimum absolute atomic E-state index is 0.0240. The molecule has 1 heterocycles. The molecular weight excluding hydrogens is 214 g/mol. The van der Waals surface area contributed by atoms with Gasteiger partial charge in [0.2, 0.25) is 0 Å². The van der Waals surface area contributed by atoms with Gasteiger partial charge in [0.1, 0.15) is 9.84 Å². The van der Waals surface area contributed by atoms with Gasteiger partial charge in [-0.05, 0) is 25.5 Å². The molecule has 0 radical (unpaired) electrons. The minimum atomic E-state index is -3.03. The fourth-order valence-electron chi connectivity index (χ4n) is 1.22. The minimum Gasteiger partial charge on any atom is -0.387 e. The molecule has 0 aromatic carbocycles. The third-order valence-corrected chi connectivity index (χ3v) is 2.99. The van der Waals surface area contributed by atoms with Crippen LogP contribution in [-0.4, -0.2) is 30.5 Å². The van der Waals surface area contributed by atoms with Gasteiger partial charge in [0.05, 0.1) is 17.6 Å². The van der Waals surface area contributed by atoms with Gasteiger partial charge in [-0.1, -0.05) is 6.07 Å². The predicted octanol–water partition coefficient (Wildman–Crippen LogP) is 0.858. The average Bonchev–Trinajstić information content (AvgIpc) is 2.13. The molecule has 15 heavy (non-hydrogen) atoms. The lowest BCUT2D eigenvalue weighted by atomic mass is 10.2. The second-order valence-corrected chi connectivity index (χ2v) is 5.90. The number of rotatable bonds is 4. The van der Waals surface area contributed by atoms with Crippen LogP contribution in [0, 0.1) is 6.92 Å². The van der Waals surface area contributed by atoms with E-state index < -0.39 is 15.9 Å². The molecular formula is C10H15NO3S. The van der Waals surface area contributed by atoms with E-state index in [1.54, 1.807) is 12.1 Å². The standard InChI is InChI=1S/C10H15NO3S/c1-8-4-3-5-9(11-8)10(12)6-7-15(2,13)14/h3-5,10,12H,6-7H2,1-2H3. The van der Waals surface area contributed by atoms with Crippen molar-refractivity contribution in [3.8, 4) is 0 Å². The van der Waals surface area contributed by atoms with Crippen LogP contribution in [-0.2, 0) is 9.84 Å². The highest BCUT2D eigenvalue weighted by Crippen LogP contribution is 2.14. The van der Waals surface area contributed by atoms with Crippen molar-refractivity contribution >= 4 is 9.84 Å². The molecule has 0 spiro atoms. The summed E-state index contributed by atoms with van der Waals surface area (Å²) in [5, 5.41) is 9.68. The van der Waals surface area contributed by atoms with Crippen LogP contribution >= 0.6 is 0 Å². The first-order valence-electron chi connectivity index (χ1n) is 4.68. The predicted molar refractivity (Wildman–Crippen MR) is 58.3 cm³/mol. The number of aliphatic hydroxyl groups is 1. The van der Waals surface area contributed by atoms with Crippen molar-refractivity contribution in [1.82, 2.24) is 4.98 Å². The topological polar surface area (TPSA) is 67.3 Å². The number of pyridine rings is 1. The van der Waals surface area contributed by atoms with E-state index in [4.69, 9.17) is 0 Å². The summed E-state index contributed by atoms with van der Waals surface area (Å²) < 4.78 is 21.8. The largest absolute Gasteiger partial charge is 0.387 e. The zero-order valence-corrected chi connectivity index (χ0v) is 9.66. The van der Waals surface area contributed by atoms with E-state index in [0.29, 0.717) is 5.69 Å². The Labute approximate surface area is 89.9 Å². The first-order chi connectivity index (χ1) is 6.88. The Bertz CT molecular complexity index is 428. The Morgan fingerprint density at radius 3 is 2.67 bits per heavy atom. The van der Waals surface area contributed by atoms with E-state index in [1.807, 2.05) is 13.0 Å². The van der Waals surface area contributed by atoms with E-state index in [-0.39, 0.29) is 12.2 Å².